The number of hydrogen-bond donors (Lipinski definition) is 1. The van der Waals surface area contributed by atoms with E-state index in [2.05, 4.69) is 6.92 Å². The van der Waals surface area contributed by atoms with Gasteiger partial charge in [-0.15, -0.1) is 0 Å². The monoisotopic (exact) mass is 140 g/mol. The van der Waals surface area contributed by atoms with Gasteiger partial charge >= 0.3 is 0 Å². The summed E-state index contributed by atoms with van der Waals surface area (Å²) < 4.78 is 0. The molecule has 1 heteroatoms. The van der Waals surface area contributed by atoms with Gasteiger partial charge in [0.15, 0.2) is 0 Å². The van der Waals surface area contributed by atoms with E-state index in [1.54, 1.807) is 0 Å². The second-order valence-electron chi connectivity index (χ2n) is 4.20. The van der Waals surface area contributed by atoms with Crippen LogP contribution in [0, 0.1) is 11.3 Å². The van der Waals surface area contributed by atoms with Crippen LogP contribution in [0.1, 0.15) is 39.0 Å². The quantitative estimate of drug-likeness (QED) is 0.545. The van der Waals surface area contributed by atoms with Crippen molar-refractivity contribution in [1.82, 2.24) is 0 Å². The largest absolute Gasteiger partial charge is 0.393 e. The zero-order valence-electron chi connectivity index (χ0n) is 6.64. The first-order valence-corrected chi connectivity index (χ1v) is 4.41. The molecule has 1 N–H and O–H groups in total. The van der Waals surface area contributed by atoms with Gasteiger partial charge in [0.25, 0.3) is 0 Å². The van der Waals surface area contributed by atoms with Crippen molar-refractivity contribution in [3.8, 4) is 0 Å². The molecule has 2 aliphatic rings. The molecule has 0 amide bonds. The molecule has 1 spiro atoms. The van der Waals surface area contributed by atoms with Gasteiger partial charge in [-0.05, 0) is 43.4 Å². The Morgan fingerprint density at radius 1 is 1.30 bits per heavy atom. The average molecular weight is 140 g/mol. The van der Waals surface area contributed by atoms with Gasteiger partial charge in [-0.25, -0.2) is 0 Å². The zero-order chi connectivity index (χ0) is 7.19. The predicted molar refractivity (Wildman–Crippen MR) is 40.7 cm³/mol. The Bertz CT molecular complexity index is 134. The standard InChI is InChI=1S/C9H16O/c1-7-6-9(7)4-2-8(10)3-5-9/h7-8,10H,2-6H2,1H3. The van der Waals surface area contributed by atoms with Crippen molar-refractivity contribution in [3.63, 3.8) is 0 Å². The summed E-state index contributed by atoms with van der Waals surface area (Å²) in [5.74, 6) is 0.958. The van der Waals surface area contributed by atoms with Crippen molar-refractivity contribution in [2.24, 2.45) is 11.3 Å². The summed E-state index contributed by atoms with van der Waals surface area (Å²) in [4.78, 5) is 0. The van der Waals surface area contributed by atoms with Crippen LogP contribution in [0.15, 0.2) is 0 Å². The van der Waals surface area contributed by atoms with Gasteiger partial charge in [-0.1, -0.05) is 6.92 Å². The van der Waals surface area contributed by atoms with Gasteiger partial charge in [0.1, 0.15) is 0 Å². The lowest BCUT2D eigenvalue weighted by Gasteiger charge is -2.25. The summed E-state index contributed by atoms with van der Waals surface area (Å²) in [5.41, 5.74) is 0.708. The Hall–Kier alpha value is -0.0400. The van der Waals surface area contributed by atoms with E-state index in [1.165, 1.54) is 19.3 Å². The summed E-state index contributed by atoms with van der Waals surface area (Å²) >= 11 is 0. The van der Waals surface area contributed by atoms with Crippen LogP contribution in [0.25, 0.3) is 0 Å². The van der Waals surface area contributed by atoms with Gasteiger partial charge in [-0.2, -0.15) is 0 Å². The highest BCUT2D eigenvalue weighted by molar-refractivity contribution is 5.01. The van der Waals surface area contributed by atoms with E-state index in [9.17, 15) is 5.11 Å². The van der Waals surface area contributed by atoms with Crippen molar-refractivity contribution in [1.29, 1.82) is 0 Å². The lowest BCUT2D eigenvalue weighted by molar-refractivity contribution is 0.0979. The van der Waals surface area contributed by atoms with E-state index in [0.717, 1.165) is 18.8 Å². The Balaban J connectivity index is 1.93. The fourth-order valence-corrected chi connectivity index (χ4v) is 2.43. The van der Waals surface area contributed by atoms with Crippen molar-refractivity contribution in [3.05, 3.63) is 0 Å². The Labute approximate surface area is 62.4 Å². The van der Waals surface area contributed by atoms with E-state index in [-0.39, 0.29) is 6.10 Å². The van der Waals surface area contributed by atoms with Gasteiger partial charge < -0.3 is 5.11 Å². The molecule has 10 heavy (non-hydrogen) atoms. The maximum absolute atomic E-state index is 9.26. The van der Waals surface area contributed by atoms with Crippen LogP contribution in [-0.2, 0) is 0 Å². The fourth-order valence-electron chi connectivity index (χ4n) is 2.43. The van der Waals surface area contributed by atoms with Crippen LogP contribution in [0.5, 0.6) is 0 Å². The molecule has 0 bridgehead atoms. The molecule has 2 rings (SSSR count). The Morgan fingerprint density at radius 3 is 2.20 bits per heavy atom. The van der Waals surface area contributed by atoms with Crippen molar-refractivity contribution in [2.45, 2.75) is 45.1 Å². The smallest absolute Gasteiger partial charge is 0.0540 e. The highest BCUT2D eigenvalue weighted by atomic mass is 16.3. The van der Waals surface area contributed by atoms with E-state index < -0.39 is 0 Å². The summed E-state index contributed by atoms with van der Waals surface area (Å²) in [5, 5.41) is 9.26. The molecular weight excluding hydrogens is 124 g/mol. The Kier molecular flexibility index (Phi) is 1.31. The van der Waals surface area contributed by atoms with Crippen LogP contribution >= 0.6 is 0 Å². The van der Waals surface area contributed by atoms with Crippen molar-refractivity contribution >= 4 is 0 Å². The topological polar surface area (TPSA) is 20.2 Å². The van der Waals surface area contributed by atoms with Gasteiger partial charge in [0, 0.05) is 0 Å². The number of hydrogen-bond acceptors (Lipinski definition) is 1. The van der Waals surface area contributed by atoms with Gasteiger partial charge in [-0.3, -0.25) is 0 Å². The van der Waals surface area contributed by atoms with E-state index in [1.807, 2.05) is 0 Å². The summed E-state index contributed by atoms with van der Waals surface area (Å²) in [7, 11) is 0. The van der Waals surface area contributed by atoms with Gasteiger partial charge in [0.2, 0.25) is 0 Å². The molecule has 1 nitrogen and oxygen atoms in total. The fraction of sp³-hybridized carbons (Fsp3) is 1.00. The molecule has 0 aliphatic heterocycles. The highest BCUT2D eigenvalue weighted by Crippen LogP contribution is 2.60. The third-order valence-corrected chi connectivity index (χ3v) is 3.55. The minimum atomic E-state index is 0.0263. The third kappa shape index (κ3) is 0.878. The molecule has 2 fully saturated rings. The molecule has 58 valence electrons. The first-order chi connectivity index (χ1) is 4.73. The van der Waals surface area contributed by atoms with Crippen LogP contribution in [0.4, 0.5) is 0 Å². The molecular formula is C9H16O. The molecule has 0 aromatic carbocycles. The normalized spacial score (nSPS) is 53.4. The maximum Gasteiger partial charge on any atom is 0.0540 e. The van der Waals surface area contributed by atoms with Crippen LogP contribution in [0.2, 0.25) is 0 Å². The van der Waals surface area contributed by atoms with E-state index in [4.69, 9.17) is 0 Å². The van der Waals surface area contributed by atoms with E-state index in [0.29, 0.717) is 5.41 Å². The minimum Gasteiger partial charge on any atom is -0.393 e. The zero-order valence-corrected chi connectivity index (χ0v) is 6.64. The predicted octanol–water partition coefficient (Wildman–Crippen LogP) is 1.95. The molecule has 2 saturated carbocycles. The molecule has 0 aromatic heterocycles. The average Bonchev–Trinajstić information content (AvgIpc) is 2.53. The summed E-state index contributed by atoms with van der Waals surface area (Å²) in [6, 6.07) is 0. The summed E-state index contributed by atoms with van der Waals surface area (Å²) in [6.07, 6.45) is 6.15. The molecule has 0 heterocycles. The molecule has 1 atom stereocenters. The molecule has 0 radical (unpaired) electrons. The van der Waals surface area contributed by atoms with Crippen LogP contribution in [-0.4, -0.2) is 11.2 Å². The molecule has 1 unspecified atom stereocenters. The van der Waals surface area contributed by atoms with Crippen LogP contribution < -0.4 is 0 Å². The third-order valence-electron chi connectivity index (χ3n) is 3.55. The SMILES string of the molecule is CC1CC12CCC(O)CC2. The summed E-state index contributed by atoms with van der Waals surface area (Å²) in [6.45, 7) is 2.34. The highest BCUT2D eigenvalue weighted by Gasteiger charge is 2.51. The second-order valence-corrected chi connectivity index (χ2v) is 4.20. The van der Waals surface area contributed by atoms with Crippen molar-refractivity contribution in [2.75, 3.05) is 0 Å². The minimum absolute atomic E-state index is 0.0263. The second kappa shape index (κ2) is 1.97. The number of aliphatic hydroxyl groups excluding tert-OH is 1. The molecule has 0 aromatic rings. The lowest BCUT2D eigenvalue weighted by Crippen LogP contribution is -2.19. The molecule has 2 aliphatic carbocycles. The van der Waals surface area contributed by atoms with Crippen molar-refractivity contribution < 1.29 is 5.11 Å². The number of rotatable bonds is 0. The van der Waals surface area contributed by atoms with Gasteiger partial charge in [0.05, 0.1) is 6.10 Å². The lowest BCUT2D eigenvalue weighted by atomic mass is 9.83. The van der Waals surface area contributed by atoms with E-state index >= 15 is 0 Å². The first-order valence-electron chi connectivity index (χ1n) is 4.41. The maximum atomic E-state index is 9.26. The van der Waals surface area contributed by atoms with Crippen LogP contribution in [0.3, 0.4) is 0 Å². The molecule has 0 saturated heterocycles. The Morgan fingerprint density at radius 2 is 1.80 bits per heavy atom. The first kappa shape index (κ1) is 6.66. The number of aliphatic hydroxyl groups is 1.